The molecule has 118 valence electrons. The van der Waals surface area contributed by atoms with Crippen molar-refractivity contribution in [2.75, 3.05) is 5.32 Å². The largest absolute Gasteiger partial charge is 0.463 e. The Bertz CT molecular complexity index is 577. The number of ether oxygens (including phenoxy) is 1. The molecule has 0 bridgehead atoms. The molecule has 1 aliphatic carbocycles. The molecule has 4 nitrogen and oxygen atoms in total. The van der Waals surface area contributed by atoms with Crippen LogP contribution in [0.4, 0.5) is 5.69 Å². The first-order valence-electron chi connectivity index (χ1n) is 7.71. The first kappa shape index (κ1) is 16.3. The van der Waals surface area contributed by atoms with Crippen molar-refractivity contribution in [1.29, 1.82) is 0 Å². The van der Waals surface area contributed by atoms with E-state index in [2.05, 4.69) is 5.32 Å². The highest BCUT2D eigenvalue weighted by Gasteiger charge is 2.35. The van der Waals surface area contributed by atoms with Gasteiger partial charge in [0.15, 0.2) is 0 Å². The van der Waals surface area contributed by atoms with Crippen LogP contribution < -0.4 is 5.32 Å². The third-order valence-corrected chi connectivity index (χ3v) is 3.83. The molecular weight excluding hydrogens is 278 g/mol. The third-order valence-electron chi connectivity index (χ3n) is 3.83. The minimum Gasteiger partial charge on any atom is -0.463 e. The van der Waals surface area contributed by atoms with Crippen LogP contribution in [0.3, 0.4) is 0 Å². The van der Waals surface area contributed by atoms with Crippen molar-refractivity contribution in [2.24, 2.45) is 11.8 Å². The monoisotopic (exact) mass is 301 g/mol. The van der Waals surface area contributed by atoms with Gasteiger partial charge in [-0.1, -0.05) is 30.4 Å². The SMILES string of the molecule is Cc1ccccc1NC(=O)[C@@H]1CC=CC[C@@H]1C(=O)OC(C)C. The first-order chi connectivity index (χ1) is 10.5. The zero-order valence-electron chi connectivity index (χ0n) is 13.3. The topological polar surface area (TPSA) is 55.4 Å². The standard InChI is InChI=1S/C18H23NO3/c1-12(2)22-18(21)15-10-6-5-9-14(15)17(20)19-16-11-7-4-8-13(16)3/h4-8,11-12,14-15H,9-10H2,1-3H3,(H,19,20)/t14-,15+/m1/s1. The van der Waals surface area contributed by atoms with Gasteiger partial charge in [0.25, 0.3) is 0 Å². The molecule has 0 saturated heterocycles. The Balaban J connectivity index is 2.10. The molecule has 1 aromatic rings. The Labute approximate surface area is 131 Å². The first-order valence-corrected chi connectivity index (χ1v) is 7.71. The lowest BCUT2D eigenvalue weighted by Gasteiger charge is -2.27. The van der Waals surface area contributed by atoms with Gasteiger partial charge in [-0.15, -0.1) is 0 Å². The molecule has 1 aromatic carbocycles. The van der Waals surface area contributed by atoms with Crippen molar-refractivity contribution < 1.29 is 14.3 Å². The van der Waals surface area contributed by atoms with E-state index in [9.17, 15) is 9.59 Å². The molecule has 0 unspecified atom stereocenters. The molecule has 0 aromatic heterocycles. The lowest BCUT2D eigenvalue weighted by atomic mass is 9.82. The Morgan fingerprint density at radius 2 is 1.77 bits per heavy atom. The summed E-state index contributed by atoms with van der Waals surface area (Å²) in [5.74, 6) is -1.19. The van der Waals surface area contributed by atoms with Crippen molar-refractivity contribution in [3.63, 3.8) is 0 Å². The Morgan fingerprint density at radius 3 is 2.41 bits per heavy atom. The van der Waals surface area contributed by atoms with E-state index in [0.29, 0.717) is 12.8 Å². The normalized spacial score (nSPS) is 20.7. The number of carbonyl (C=O) groups is 2. The highest BCUT2D eigenvalue weighted by atomic mass is 16.5. The second kappa shape index (κ2) is 7.25. The van der Waals surface area contributed by atoms with Gasteiger partial charge in [0.2, 0.25) is 5.91 Å². The minimum absolute atomic E-state index is 0.121. The van der Waals surface area contributed by atoms with Gasteiger partial charge in [-0.05, 0) is 45.2 Å². The van der Waals surface area contributed by atoms with E-state index in [1.807, 2.05) is 57.2 Å². The zero-order chi connectivity index (χ0) is 16.1. The summed E-state index contributed by atoms with van der Waals surface area (Å²) in [4.78, 5) is 24.8. The van der Waals surface area contributed by atoms with E-state index in [4.69, 9.17) is 4.74 Å². The number of amides is 1. The summed E-state index contributed by atoms with van der Waals surface area (Å²) in [6.45, 7) is 5.58. The number of nitrogens with one attached hydrogen (secondary N) is 1. The maximum Gasteiger partial charge on any atom is 0.310 e. The number of hydrogen-bond acceptors (Lipinski definition) is 3. The van der Waals surface area contributed by atoms with E-state index < -0.39 is 5.92 Å². The fraction of sp³-hybridized carbons (Fsp3) is 0.444. The van der Waals surface area contributed by atoms with Gasteiger partial charge in [0, 0.05) is 5.69 Å². The van der Waals surface area contributed by atoms with Crippen LogP contribution in [0.25, 0.3) is 0 Å². The van der Waals surface area contributed by atoms with Crippen molar-refractivity contribution in [3.05, 3.63) is 42.0 Å². The molecule has 0 heterocycles. The highest BCUT2D eigenvalue weighted by Crippen LogP contribution is 2.29. The maximum atomic E-state index is 12.6. The van der Waals surface area contributed by atoms with Crippen LogP contribution in [-0.2, 0) is 14.3 Å². The van der Waals surface area contributed by atoms with Gasteiger partial charge in [-0.2, -0.15) is 0 Å². The number of rotatable bonds is 4. The van der Waals surface area contributed by atoms with Crippen LogP contribution in [0.5, 0.6) is 0 Å². The molecule has 1 N–H and O–H groups in total. The quantitative estimate of drug-likeness (QED) is 0.684. The zero-order valence-corrected chi connectivity index (χ0v) is 13.3. The van der Waals surface area contributed by atoms with E-state index >= 15 is 0 Å². The Hall–Kier alpha value is -2.10. The number of carbonyl (C=O) groups excluding carboxylic acids is 2. The number of aryl methyl sites for hydroxylation is 1. The molecule has 0 spiro atoms. The van der Waals surface area contributed by atoms with Crippen LogP contribution in [0.15, 0.2) is 36.4 Å². The summed E-state index contributed by atoms with van der Waals surface area (Å²) in [7, 11) is 0. The van der Waals surface area contributed by atoms with Crippen LogP contribution in [0, 0.1) is 18.8 Å². The molecule has 1 amide bonds. The number of anilines is 1. The molecule has 4 heteroatoms. The molecule has 1 aliphatic rings. The van der Waals surface area contributed by atoms with E-state index in [-0.39, 0.29) is 23.9 Å². The lowest BCUT2D eigenvalue weighted by Crippen LogP contribution is -2.36. The number of esters is 1. The molecule has 2 rings (SSSR count). The van der Waals surface area contributed by atoms with E-state index in [1.165, 1.54) is 0 Å². The fourth-order valence-corrected chi connectivity index (χ4v) is 2.62. The van der Waals surface area contributed by atoms with Crippen molar-refractivity contribution in [1.82, 2.24) is 0 Å². The predicted octanol–water partition coefficient (Wildman–Crippen LogP) is 3.47. The van der Waals surface area contributed by atoms with Crippen LogP contribution >= 0.6 is 0 Å². The molecule has 0 aliphatic heterocycles. The van der Waals surface area contributed by atoms with Crippen molar-refractivity contribution >= 4 is 17.6 Å². The summed E-state index contributed by atoms with van der Waals surface area (Å²) in [5.41, 5.74) is 1.79. The molecule has 0 radical (unpaired) electrons. The third kappa shape index (κ3) is 3.97. The number of allylic oxidation sites excluding steroid dienone is 2. The number of hydrogen-bond donors (Lipinski definition) is 1. The molecule has 22 heavy (non-hydrogen) atoms. The predicted molar refractivity (Wildman–Crippen MR) is 86.4 cm³/mol. The molecule has 0 saturated carbocycles. The van der Waals surface area contributed by atoms with Crippen LogP contribution in [0.1, 0.15) is 32.3 Å². The Kier molecular flexibility index (Phi) is 5.36. The minimum atomic E-state index is -0.406. The molecular formula is C18H23NO3. The van der Waals surface area contributed by atoms with Gasteiger partial charge < -0.3 is 10.1 Å². The highest BCUT2D eigenvalue weighted by molar-refractivity contribution is 5.96. The average Bonchev–Trinajstić information content (AvgIpc) is 2.49. The van der Waals surface area contributed by atoms with Gasteiger partial charge >= 0.3 is 5.97 Å². The van der Waals surface area contributed by atoms with Crippen LogP contribution in [-0.4, -0.2) is 18.0 Å². The number of para-hydroxylation sites is 1. The lowest BCUT2D eigenvalue weighted by molar-refractivity contribution is -0.156. The summed E-state index contributed by atoms with van der Waals surface area (Å²) in [6, 6.07) is 7.62. The summed E-state index contributed by atoms with van der Waals surface area (Å²) in [5, 5.41) is 2.94. The molecule has 2 atom stereocenters. The van der Waals surface area contributed by atoms with Gasteiger partial charge in [0.05, 0.1) is 17.9 Å². The summed E-state index contributed by atoms with van der Waals surface area (Å²) < 4.78 is 5.29. The second-order valence-electron chi connectivity index (χ2n) is 5.95. The average molecular weight is 301 g/mol. The van der Waals surface area contributed by atoms with Gasteiger partial charge in [0.1, 0.15) is 0 Å². The summed E-state index contributed by atoms with van der Waals surface area (Å²) >= 11 is 0. The van der Waals surface area contributed by atoms with E-state index in [0.717, 1.165) is 11.3 Å². The summed E-state index contributed by atoms with van der Waals surface area (Å²) in [6.07, 6.45) is 4.86. The van der Waals surface area contributed by atoms with Crippen LogP contribution in [0.2, 0.25) is 0 Å². The van der Waals surface area contributed by atoms with Crippen molar-refractivity contribution in [2.45, 2.75) is 39.7 Å². The Morgan fingerprint density at radius 1 is 1.14 bits per heavy atom. The number of benzene rings is 1. The van der Waals surface area contributed by atoms with Crippen molar-refractivity contribution in [3.8, 4) is 0 Å². The molecule has 0 fully saturated rings. The smallest absolute Gasteiger partial charge is 0.310 e. The second-order valence-corrected chi connectivity index (χ2v) is 5.95. The van der Waals surface area contributed by atoms with Gasteiger partial charge in [-0.3, -0.25) is 9.59 Å². The van der Waals surface area contributed by atoms with E-state index in [1.54, 1.807) is 0 Å². The maximum absolute atomic E-state index is 12.6. The van der Waals surface area contributed by atoms with Gasteiger partial charge in [-0.25, -0.2) is 0 Å². The fourth-order valence-electron chi connectivity index (χ4n) is 2.62.